The Morgan fingerprint density at radius 3 is 2.50 bits per heavy atom. The first-order chi connectivity index (χ1) is 11.9. The second-order valence-electron chi connectivity index (χ2n) is 5.26. The summed E-state index contributed by atoms with van der Waals surface area (Å²) in [5, 5.41) is 2.13. The Labute approximate surface area is 171 Å². The molecule has 3 rings (SSSR count). The van der Waals surface area contributed by atoms with Crippen LogP contribution in [-0.2, 0) is 17.1 Å². The van der Waals surface area contributed by atoms with Crippen LogP contribution in [0.1, 0.15) is 0 Å². The van der Waals surface area contributed by atoms with Crippen molar-refractivity contribution in [2.45, 2.75) is 4.90 Å². The fourth-order valence-electron chi connectivity index (χ4n) is 2.32. The van der Waals surface area contributed by atoms with Crippen LogP contribution in [0.25, 0.3) is 11.3 Å². The van der Waals surface area contributed by atoms with E-state index in [4.69, 9.17) is 11.6 Å². The van der Waals surface area contributed by atoms with Crippen molar-refractivity contribution in [1.82, 2.24) is 9.29 Å². The third kappa shape index (κ3) is 4.27. The third-order valence-corrected chi connectivity index (χ3v) is 6.50. The largest absolute Gasteiger partial charge is 0.320 e. The van der Waals surface area contributed by atoms with Gasteiger partial charge in [0.15, 0.2) is 4.80 Å². The molecule has 138 valence electrons. The number of halogens is 2. The van der Waals surface area contributed by atoms with E-state index in [1.165, 1.54) is 18.4 Å². The number of nitrogens with one attached hydrogen (secondary N) is 1. The molecule has 0 amide bonds. The summed E-state index contributed by atoms with van der Waals surface area (Å²) >= 11 is 7.54. The molecule has 0 aliphatic carbocycles. The maximum Gasteiger partial charge on any atom is 0.241 e. The highest BCUT2D eigenvalue weighted by atomic mass is 79.9. The SMILES string of the molecule is Br.CNS(=O)(=O)c1cc(-c2csc(=Nc3ccccc3)n2C)ccc1Cl. The normalized spacial score (nSPS) is 12.0. The summed E-state index contributed by atoms with van der Waals surface area (Å²) < 4.78 is 28.5. The van der Waals surface area contributed by atoms with Gasteiger partial charge in [-0.15, -0.1) is 28.3 Å². The number of aromatic nitrogens is 1. The molecular formula is C17H17BrClN3O2S2. The zero-order valence-electron chi connectivity index (χ0n) is 14.0. The van der Waals surface area contributed by atoms with Gasteiger partial charge in [0.1, 0.15) is 4.90 Å². The number of hydrogen-bond acceptors (Lipinski definition) is 4. The molecule has 2 aromatic carbocycles. The van der Waals surface area contributed by atoms with E-state index in [0.717, 1.165) is 21.7 Å². The second kappa shape index (κ2) is 8.49. The minimum absolute atomic E-state index is 0. The average Bonchev–Trinajstić information content (AvgIpc) is 2.97. The molecule has 1 aromatic heterocycles. The van der Waals surface area contributed by atoms with E-state index < -0.39 is 10.0 Å². The van der Waals surface area contributed by atoms with E-state index >= 15 is 0 Å². The summed E-state index contributed by atoms with van der Waals surface area (Å²) in [6, 6.07) is 14.6. The third-order valence-electron chi connectivity index (χ3n) is 3.69. The van der Waals surface area contributed by atoms with Crippen LogP contribution in [0.3, 0.4) is 0 Å². The molecule has 1 N–H and O–H groups in total. The average molecular weight is 475 g/mol. The lowest BCUT2D eigenvalue weighted by Gasteiger charge is -2.08. The summed E-state index contributed by atoms with van der Waals surface area (Å²) in [6.45, 7) is 0. The maximum absolute atomic E-state index is 12.1. The highest BCUT2D eigenvalue weighted by molar-refractivity contribution is 8.93. The van der Waals surface area contributed by atoms with E-state index in [0.29, 0.717) is 0 Å². The molecule has 5 nitrogen and oxygen atoms in total. The van der Waals surface area contributed by atoms with Gasteiger partial charge in [-0.25, -0.2) is 18.1 Å². The molecule has 0 bridgehead atoms. The molecule has 0 aliphatic heterocycles. The van der Waals surface area contributed by atoms with Crippen LogP contribution in [0.4, 0.5) is 5.69 Å². The predicted octanol–water partition coefficient (Wildman–Crippen LogP) is 4.13. The molecule has 3 aromatic rings. The van der Waals surface area contributed by atoms with Gasteiger partial charge in [-0.05, 0) is 31.3 Å². The van der Waals surface area contributed by atoms with Crippen LogP contribution in [0.2, 0.25) is 5.02 Å². The minimum atomic E-state index is -3.63. The minimum Gasteiger partial charge on any atom is -0.320 e. The Kier molecular flexibility index (Phi) is 6.81. The molecule has 0 aliphatic rings. The number of sulfonamides is 1. The van der Waals surface area contributed by atoms with Crippen LogP contribution >= 0.6 is 39.9 Å². The molecule has 0 atom stereocenters. The fourth-order valence-corrected chi connectivity index (χ4v) is 4.50. The molecule has 0 unspecified atom stereocenters. The van der Waals surface area contributed by atoms with Crippen LogP contribution in [-0.4, -0.2) is 20.0 Å². The number of para-hydroxylation sites is 1. The number of rotatable bonds is 4. The molecule has 0 spiro atoms. The summed E-state index contributed by atoms with van der Waals surface area (Å²) in [5.74, 6) is 0. The smallest absolute Gasteiger partial charge is 0.241 e. The topological polar surface area (TPSA) is 63.5 Å². The number of hydrogen-bond donors (Lipinski definition) is 1. The van der Waals surface area contributed by atoms with E-state index in [1.54, 1.807) is 18.2 Å². The lowest BCUT2D eigenvalue weighted by molar-refractivity contribution is 0.588. The van der Waals surface area contributed by atoms with Crippen LogP contribution in [0.15, 0.2) is 63.8 Å². The Morgan fingerprint density at radius 2 is 1.85 bits per heavy atom. The van der Waals surface area contributed by atoms with E-state index in [2.05, 4.69) is 9.71 Å². The highest BCUT2D eigenvalue weighted by Crippen LogP contribution is 2.28. The van der Waals surface area contributed by atoms with E-state index in [1.807, 2.05) is 47.3 Å². The van der Waals surface area contributed by atoms with Crippen molar-refractivity contribution >= 4 is 55.6 Å². The van der Waals surface area contributed by atoms with Crippen LogP contribution in [0.5, 0.6) is 0 Å². The lowest BCUT2D eigenvalue weighted by atomic mass is 10.2. The zero-order chi connectivity index (χ0) is 18.0. The standard InChI is InChI=1S/C17H16ClN3O2S2.BrH/c1-19-25(22,23)16-10-12(8-9-14(16)18)15-11-24-17(21(15)2)20-13-6-4-3-5-7-13;/h3-11,19H,1-2H3;1H. The monoisotopic (exact) mass is 473 g/mol. The zero-order valence-corrected chi connectivity index (χ0v) is 18.1. The van der Waals surface area contributed by atoms with Crippen molar-refractivity contribution in [3.63, 3.8) is 0 Å². The Balaban J connectivity index is 0.00000243. The maximum atomic E-state index is 12.1. The van der Waals surface area contributed by atoms with Gasteiger partial charge in [-0.1, -0.05) is 35.9 Å². The predicted molar refractivity (Wildman–Crippen MR) is 112 cm³/mol. The quantitative estimate of drug-likeness (QED) is 0.618. The van der Waals surface area contributed by atoms with E-state index in [9.17, 15) is 8.42 Å². The molecular weight excluding hydrogens is 458 g/mol. The first-order valence-electron chi connectivity index (χ1n) is 7.40. The van der Waals surface area contributed by atoms with Crippen molar-refractivity contribution in [1.29, 1.82) is 0 Å². The van der Waals surface area contributed by atoms with Gasteiger partial charge >= 0.3 is 0 Å². The number of benzene rings is 2. The Hall–Kier alpha value is -1.45. The van der Waals surface area contributed by atoms with Gasteiger partial charge in [0.05, 0.1) is 16.4 Å². The van der Waals surface area contributed by atoms with Gasteiger partial charge < -0.3 is 4.57 Å². The summed E-state index contributed by atoms with van der Waals surface area (Å²) in [7, 11) is -0.367. The fraction of sp³-hybridized carbons (Fsp3) is 0.118. The lowest BCUT2D eigenvalue weighted by Crippen LogP contribution is -2.19. The number of nitrogens with zero attached hydrogens (tertiary/aromatic N) is 2. The molecule has 1 heterocycles. The van der Waals surface area contributed by atoms with E-state index in [-0.39, 0.29) is 26.9 Å². The van der Waals surface area contributed by atoms with Crippen molar-refractivity contribution in [2.24, 2.45) is 12.0 Å². The molecule has 0 radical (unpaired) electrons. The molecule has 9 heteroatoms. The van der Waals surface area contributed by atoms with Gasteiger partial charge in [0.2, 0.25) is 10.0 Å². The van der Waals surface area contributed by atoms with Gasteiger partial charge in [-0.2, -0.15) is 0 Å². The molecule has 0 saturated carbocycles. The van der Waals surface area contributed by atoms with Crippen LogP contribution in [0, 0.1) is 0 Å². The van der Waals surface area contributed by atoms with Crippen molar-refractivity contribution < 1.29 is 8.42 Å². The first kappa shape index (κ1) is 20.9. The highest BCUT2D eigenvalue weighted by Gasteiger charge is 2.17. The summed E-state index contributed by atoms with van der Waals surface area (Å²) in [6.07, 6.45) is 0. The molecule has 26 heavy (non-hydrogen) atoms. The summed E-state index contributed by atoms with van der Waals surface area (Å²) in [5.41, 5.74) is 2.48. The molecule has 0 fully saturated rings. The van der Waals surface area contributed by atoms with Crippen LogP contribution < -0.4 is 9.52 Å². The first-order valence-corrected chi connectivity index (χ1v) is 10.1. The molecule has 0 saturated heterocycles. The summed E-state index contributed by atoms with van der Waals surface area (Å²) in [4.78, 5) is 5.49. The number of thiazole rings is 1. The Bertz CT molecular complexity index is 1080. The van der Waals surface area contributed by atoms with Gasteiger partial charge in [0, 0.05) is 18.0 Å². The van der Waals surface area contributed by atoms with Crippen molar-refractivity contribution in [3.8, 4) is 11.3 Å². The van der Waals surface area contributed by atoms with Gasteiger partial charge in [-0.3, -0.25) is 0 Å². The second-order valence-corrected chi connectivity index (χ2v) is 8.36. The Morgan fingerprint density at radius 1 is 1.15 bits per heavy atom. The van der Waals surface area contributed by atoms with Crippen molar-refractivity contribution in [3.05, 3.63) is 63.7 Å². The van der Waals surface area contributed by atoms with Gasteiger partial charge in [0.25, 0.3) is 0 Å². The van der Waals surface area contributed by atoms with Crippen molar-refractivity contribution in [2.75, 3.05) is 7.05 Å².